The van der Waals surface area contributed by atoms with Gasteiger partial charge in [-0.1, -0.05) is 145 Å². The van der Waals surface area contributed by atoms with Crippen LogP contribution in [0.1, 0.15) is 6.85 Å². The van der Waals surface area contributed by atoms with Crippen LogP contribution in [0.5, 0.6) is 0 Å². The van der Waals surface area contributed by atoms with Gasteiger partial charge in [0.2, 0.25) is 0 Å². The lowest BCUT2D eigenvalue weighted by Gasteiger charge is -2.11. The van der Waals surface area contributed by atoms with E-state index >= 15 is 0 Å². The van der Waals surface area contributed by atoms with Gasteiger partial charge in [0.05, 0.1) is 28.9 Å². The first kappa shape index (κ1) is 23.6. The summed E-state index contributed by atoms with van der Waals surface area (Å²) in [5.41, 5.74) is 11.7. The zero-order chi connectivity index (χ0) is 37.4. The van der Waals surface area contributed by atoms with Crippen molar-refractivity contribution >= 4 is 43.6 Å². The van der Waals surface area contributed by atoms with Gasteiger partial charge in [-0.15, -0.1) is 0 Å². The summed E-state index contributed by atoms with van der Waals surface area (Å²) in [4.78, 5) is 0. The van der Waals surface area contributed by atoms with Gasteiger partial charge < -0.3 is 9.13 Å². The Hall–Kier alpha value is -6.64. The van der Waals surface area contributed by atoms with Gasteiger partial charge in [-0.2, -0.15) is 0 Å². The molecule has 0 N–H and O–H groups in total. The largest absolute Gasteiger partial charge is 0.309 e. The molecule has 10 aromatic rings. The molecule has 50 heavy (non-hydrogen) atoms. The Kier molecular flexibility index (Phi) is 5.44. The zero-order valence-corrected chi connectivity index (χ0v) is 27.0. The first-order chi connectivity index (χ1) is 26.9. The maximum absolute atomic E-state index is 8.52. The van der Waals surface area contributed by atoms with E-state index in [1.807, 2.05) is 36.4 Å². The Balaban J connectivity index is 1.22. The molecule has 8 aromatic carbocycles. The molecule has 0 saturated carbocycles. The van der Waals surface area contributed by atoms with Gasteiger partial charge in [-0.3, -0.25) is 0 Å². The number of rotatable bonds is 5. The standard InChI is InChI=1S/C48H32N2/c1-4-12-33(13-5-1)36-20-25-39(26-21-36)49-43-19-11-10-18-41(43)47-44(49)30-31-45-48(47)42-29-24-38(35-16-8-3-9-17-35)32-46(42)50(45)40-27-22-37(23-28-40)34-14-6-2-7-15-34/h1-32H/i1D,4D,5D,12D,13D. The van der Waals surface area contributed by atoms with Gasteiger partial charge >= 0.3 is 0 Å². The molecule has 0 bridgehead atoms. The Morgan fingerprint density at radius 1 is 0.320 bits per heavy atom. The smallest absolute Gasteiger partial charge is 0.0629 e. The average Bonchev–Trinajstić information content (AvgIpc) is 3.75. The summed E-state index contributed by atoms with van der Waals surface area (Å²) in [6, 6.07) is 55.6. The van der Waals surface area contributed by atoms with Crippen molar-refractivity contribution in [1.29, 1.82) is 0 Å². The number of benzene rings is 8. The van der Waals surface area contributed by atoms with Gasteiger partial charge in [0.15, 0.2) is 0 Å². The number of para-hydroxylation sites is 1. The molecule has 10 rings (SSSR count). The van der Waals surface area contributed by atoms with Crippen molar-refractivity contribution in [2.24, 2.45) is 0 Å². The number of hydrogen-bond donors (Lipinski definition) is 0. The molecular weight excluding hydrogens is 605 g/mol. The number of fused-ring (bicyclic) bond motifs is 7. The van der Waals surface area contributed by atoms with Crippen molar-refractivity contribution in [3.63, 3.8) is 0 Å². The summed E-state index contributed by atoms with van der Waals surface area (Å²) < 4.78 is 46.1. The van der Waals surface area contributed by atoms with Gasteiger partial charge in [-0.25, -0.2) is 0 Å². The fourth-order valence-electron chi connectivity index (χ4n) is 7.54. The Bertz CT molecular complexity index is 3080. The third kappa shape index (κ3) is 4.50. The highest BCUT2D eigenvalue weighted by molar-refractivity contribution is 6.29. The average molecular weight is 642 g/mol. The lowest BCUT2D eigenvalue weighted by molar-refractivity contribution is 1.17. The maximum atomic E-state index is 8.52. The predicted molar refractivity (Wildman–Crippen MR) is 211 cm³/mol. The van der Waals surface area contributed by atoms with E-state index in [-0.39, 0.29) is 29.7 Å². The van der Waals surface area contributed by atoms with E-state index in [1.54, 1.807) is 0 Å². The Morgan fingerprint density at radius 2 is 0.780 bits per heavy atom. The lowest BCUT2D eigenvalue weighted by atomic mass is 10.0. The highest BCUT2D eigenvalue weighted by Gasteiger charge is 2.21. The van der Waals surface area contributed by atoms with E-state index in [0.29, 0.717) is 5.56 Å². The summed E-state index contributed by atoms with van der Waals surface area (Å²) in [6.07, 6.45) is 0. The van der Waals surface area contributed by atoms with Gasteiger partial charge in [-0.05, 0) is 81.9 Å². The van der Waals surface area contributed by atoms with Crippen LogP contribution in [-0.2, 0) is 0 Å². The van der Waals surface area contributed by atoms with Crippen molar-refractivity contribution < 1.29 is 6.85 Å². The second-order valence-electron chi connectivity index (χ2n) is 12.6. The summed E-state index contributed by atoms with van der Waals surface area (Å²) in [6.45, 7) is 0. The van der Waals surface area contributed by atoms with Crippen molar-refractivity contribution in [2.45, 2.75) is 0 Å². The zero-order valence-electron chi connectivity index (χ0n) is 32.0. The number of aromatic nitrogens is 2. The quantitative estimate of drug-likeness (QED) is 0.177. The molecule has 0 unspecified atom stereocenters. The van der Waals surface area contributed by atoms with E-state index in [1.165, 1.54) is 10.9 Å². The molecule has 0 aliphatic heterocycles. The topological polar surface area (TPSA) is 9.86 Å². The second kappa shape index (κ2) is 11.5. The van der Waals surface area contributed by atoms with E-state index in [2.05, 4.69) is 137 Å². The SMILES string of the molecule is [2H]c1c([2H])c([2H])c(-c2ccc(-n3c4ccccc4c4c5c6ccc(-c7ccccc7)cc6n(-c6ccc(-c7ccccc7)cc6)c5ccc43)cc2)c([2H])c1[2H]. The highest BCUT2D eigenvalue weighted by atomic mass is 15.0. The monoisotopic (exact) mass is 641 g/mol. The molecule has 0 amide bonds. The van der Waals surface area contributed by atoms with Crippen LogP contribution in [-0.4, -0.2) is 9.13 Å². The minimum absolute atomic E-state index is 0.195. The van der Waals surface area contributed by atoms with Crippen LogP contribution in [0.25, 0.3) is 88.4 Å². The number of hydrogen-bond acceptors (Lipinski definition) is 0. The second-order valence-corrected chi connectivity index (χ2v) is 12.6. The van der Waals surface area contributed by atoms with Crippen LogP contribution >= 0.6 is 0 Å². The highest BCUT2D eigenvalue weighted by Crippen LogP contribution is 2.43. The molecule has 0 aliphatic rings. The number of nitrogens with zero attached hydrogens (tertiary/aromatic N) is 2. The minimum Gasteiger partial charge on any atom is -0.309 e. The van der Waals surface area contributed by atoms with Crippen LogP contribution in [0, 0.1) is 0 Å². The van der Waals surface area contributed by atoms with Crippen molar-refractivity contribution in [3.05, 3.63) is 194 Å². The van der Waals surface area contributed by atoms with E-state index in [9.17, 15) is 0 Å². The maximum Gasteiger partial charge on any atom is 0.0629 e. The molecule has 0 saturated heterocycles. The Morgan fingerprint density at radius 3 is 1.40 bits per heavy atom. The molecule has 0 radical (unpaired) electrons. The van der Waals surface area contributed by atoms with Crippen molar-refractivity contribution in [2.75, 3.05) is 0 Å². The Labute approximate surface area is 297 Å². The summed E-state index contributed by atoms with van der Waals surface area (Å²) in [7, 11) is 0. The van der Waals surface area contributed by atoms with E-state index in [0.717, 1.165) is 66.3 Å². The summed E-state index contributed by atoms with van der Waals surface area (Å²) in [5.74, 6) is 0. The predicted octanol–water partition coefficient (Wildman–Crippen LogP) is 12.9. The molecular formula is C48H32N2. The third-order valence-corrected chi connectivity index (χ3v) is 9.82. The van der Waals surface area contributed by atoms with Crippen LogP contribution < -0.4 is 0 Å². The molecule has 0 spiro atoms. The molecule has 234 valence electrons. The molecule has 0 aliphatic carbocycles. The van der Waals surface area contributed by atoms with E-state index < -0.39 is 6.04 Å². The first-order valence-electron chi connectivity index (χ1n) is 19.3. The van der Waals surface area contributed by atoms with Gasteiger partial charge in [0, 0.05) is 32.9 Å². The molecule has 0 atom stereocenters. The van der Waals surface area contributed by atoms with Crippen LogP contribution in [0.15, 0.2) is 194 Å². The van der Waals surface area contributed by atoms with Crippen LogP contribution in [0.2, 0.25) is 0 Å². The van der Waals surface area contributed by atoms with Crippen molar-refractivity contribution in [1.82, 2.24) is 9.13 Å². The van der Waals surface area contributed by atoms with Gasteiger partial charge in [0.1, 0.15) is 0 Å². The van der Waals surface area contributed by atoms with Gasteiger partial charge in [0.25, 0.3) is 0 Å². The molecule has 0 fully saturated rings. The summed E-state index contributed by atoms with van der Waals surface area (Å²) in [5, 5.41) is 4.61. The minimum atomic E-state index is -0.395. The molecule has 2 heterocycles. The molecule has 2 aromatic heterocycles. The normalized spacial score (nSPS) is 13.0. The van der Waals surface area contributed by atoms with Crippen LogP contribution in [0.3, 0.4) is 0 Å². The third-order valence-electron chi connectivity index (χ3n) is 9.82. The van der Waals surface area contributed by atoms with Crippen LogP contribution in [0.4, 0.5) is 0 Å². The molecule has 2 heteroatoms. The fraction of sp³-hybridized carbons (Fsp3) is 0. The van der Waals surface area contributed by atoms with E-state index in [4.69, 9.17) is 6.85 Å². The van der Waals surface area contributed by atoms with Crippen molar-refractivity contribution in [3.8, 4) is 44.8 Å². The first-order valence-corrected chi connectivity index (χ1v) is 16.8. The lowest BCUT2D eigenvalue weighted by Crippen LogP contribution is -1.95. The fourth-order valence-corrected chi connectivity index (χ4v) is 7.54. The molecule has 2 nitrogen and oxygen atoms in total. The summed E-state index contributed by atoms with van der Waals surface area (Å²) >= 11 is 0.